The summed E-state index contributed by atoms with van der Waals surface area (Å²) in [5, 5.41) is 0. The molecule has 2 fully saturated rings. The molecule has 2 aliphatic heterocycles. The second-order valence-corrected chi connectivity index (χ2v) is 4.66. The molecular weight excluding hydrogens is 238 g/mol. The minimum absolute atomic E-state index is 0.111. The molecule has 6 nitrogen and oxygen atoms in total. The lowest BCUT2D eigenvalue weighted by Crippen LogP contribution is -2.49. The van der Waals surface area contributed by atoms with Crippen molar-refractivity contribution >= 4 is 17.8 Å². The van der Waals surface area contributed by atoms with Gasteiger partial charge in [-0.2, -0.15) is 0 Å². The van der Waals surface area contributed by atoms with E-state index >= 15 is 0 Å². The number of carbonyl (C=O) groups is 3. The topological polar surface area (TPSA) is 72.9 Å². The van der Waals surface area contributed by atoms with Gasteiger partial charge in [0.2, 0.25) is 0 Å². The van der Waals surface area contributed by atoms with Crippen molar-refractivity contribution in [1.82, 2.24) is 4.90 Å². The molecule has 3 atom stereocenters. The fraction of sp³-hybridized carbons (Fsp3) is 0.750. The Balaban J connectivity index is 2.14. The van der Waals surface area contributed by atoms with Crippen LogP contribution in [0.5, 0.6) is 0 Å². The summed E-state index contributed by atoms with van der Waals surface area (Å²) in [6, 6.07) is -0.557. The van der Waals surface area contributed by atoms with Gasteiger partial charge in [0.05, 0.1) is 12.6 Å². The maximum Gasteiger partial charge on any atom is 0.410 e. The third-order valence-corrected chi connectivity index (χ3v) is 3.38. The Morgan fingerprint density at radius 1 is 1.39 bits per heavy atom. The van der Waals surface area contributed by atoms with Gasteiger partial charge < -0.3 is 9.47 Å². The number of piperidine rings is 1. The molecule has 0 aliphatic carbocycles. The lowest BCUT2D eigenvalue weighted by Gasteiger charge is -2.33. The summed E-state index contributed by atoms with van der Waals surface area (Å²) in [5.74, 6) is -0.274. The van der Waals surface area contributed by atoms with Crippen LogP contribution >= 0.6 is 0 Å². The summed E-state index contributed by atoms with van der Waals surface area (Å²) >= 11 is 0. The molecule has 18 heavy (non-hydrogen) atoms. The number of ether oxygens (including phenoxy) is 2. The van der Waals surface area contributed by atoms with Crippen LogP contribution in [-0.2, 0) is 19.1 Å². The van der Waals surface area contributed by atoms with Gasteiger partial charge in [-0.05, 0) is 6.92 Å². The number of nitrogens with zero attached hydrogens (tertiary/aromatic N) is 1. The zero-order valence-electron chi connectivity index (χ0n) is 10.5. The van der Waals surface area contributed by atoms with Crippen LogP contribution in [-0.4, -0.2) is 47.5 Å². The summed E-state index contributed by atoms with van der Waals surface area (Å²) in [5.41, 5.74) is 0. The van der Waals surface area contributed by atoms with Crippen molar-refractivity contribution in [2.45, 2.75) is 51.3 Å². The van der Waals surface area contributed by atoms with Crippen LogP contribution in [0, 0.1) is 0 Å². The normalized spacial score (nSPS) is 30.2. The molecule has 0 saturated carbocycles. The predicted octanol–water partition coefficient (Wildman–Crippen LogP) is 0.880. The quantitative estimate of drug-likeness (QED) is 0.685. The zero-order chi connectivity index (χ0) is 13.3. The van der Waals surface area contributed by atoms with E-state index in [0.717, 1.165) is 0 Å². The molecular formula is C12H17NO5. The highest BCUT2D eigenvalue weighted by Crippen LogP contribution is 2.36. The monoisotopic (exact) mass is 255 g/mol. The third kappa shape index (κ3) is 2.32. The van der Waals surface area contributed by atoms with E-state index in [0.29, 0.717) is 19.4 Å². The highest BCUT2D eigenvalue weighted by molar-refractivity contribution is 5.84. The Bertz CT molecular complexity index is 381. The summed E-state index contributed by atoms with van der Waals surface area (Å²) < 4.78 is 10.2. The molecule has 0 unspecified atom stereocenters. The van der Waals surface area contributed by atoms with Crippen molar-refractivity contribution in [3.8, 4) is 0 Å². The Morgan fingerprint density at radius 3 is 2.72 bits per heavy atom. The van der Waals surface area contributed by atoms with E-state index in [-0.39, 0.29) is 36.4 Å². The number of carbonyl (C=O) groups excluding carboxylic acids is 3. The fourth-order valence-corrected chi connectivity index (χ4v) is 2.80. The van der Waals surface area contributed by atoms with E-state index < -0.39 is 6.09 Å². The first-order chi connectivity index (χ1) is 8.52. The van der Waals surface area contributed by atoms with Gasteiger partial charge in [0.15, 0.2) is 0 Å². The molecule has 2 heterocycles. The van der Waals surface area contributed by atoms with E-state index in [9.17, 15) is 14.4 Å². The molecule has 6 heteroatoms. The number of rotatable bonds is 2. The van der Waals surface area contributed by atoms with Gasteiger partial charge >= 0.3 is 12.1 Å². The lowest BCUT2D eigenvalue weighted by molar-refractivity contribution is -0.148. The predicted molar refractivity (Wildman–Crippen MR) is 60.8 cm³/mol. The molecule has 0 radical (unpaired) electrons. The molecule has 2 saturated heterocycles. The maximum atomic E-state index is 11.8. The molecule has 2 aliphatic rings. The molecule has 2 bridgehead atoms. The molecule has 100 valence electrons. The maximum absolute atomic E-state index is 11.8. The van der Waals surface area contributed by atoms with Crippen molar-refractivity contribution in [3.63, 3.8) is 0 Å². The zero-order valence-corrected chi connectivity index (χ0v) is 10.5. The van der Waals surface area contributed by atoms with Crippen LogP contribution in [0.25, 0.3) is 0 Å². The van der Waals surface area contributed by atoms with E-state index in [2.05, 4.69) is 0 Å². The lowest BCUT2D eigenvalue weighted by atomic mass is 10.0. The van der Waals surface area contributed by atoms with E-state index in [1.165, 1.54) is 6.92 Å². The van der Waals surface area contributed by atoms with Crippen LogP contribution in [0.2, 0.25) is 0 Å². The Morgan fingerprint density at radius 2 is 2.11 bits per heavy atom. The summed E-state index contributed by atoms with van der Waals surface area (Å²) in [6.45, 7) is 3.36. The third-order valence-electron chi connectivity index (χ3n) is 3.38. The van der Waals surface area contributed by atoms with E-state index in [1.807, 2.05) is 0 Å². The van der Waals surface area contributed by atoms with Crippen LogP contribution in [0.4, 0.5) is 4.79 Å². The van der Waals surface area contributed by atoms with Crippen molar-refractivity contribution in [1.29, 1.82) is 0 Å². The summed E-state index contributed by atoms with van der Waals surface area (Å²) in [4.78, 5) is 36.0. The molecule has 2 rings (SSSR count). The van der Waals surface area contributed by atoms with Crippen molar-refractivity contribution in [3.05, 3.63) is 0 Å². The highest BCUT2D eigenvalue weighted by Gasteiger charge is 2.50. The molecule has 0 N–H and O–H groups in total. The van der Waals surface area contributed by atoms with Gasteiger partial charge in [-0.15, -0.1) is 0 Å². The minimum Gasteiger partial charge on any atom is -0.460 e. The average Bonchev–Trinajstić information content (AvgIpc) is 2.47. The summed E-state index contributed by atoms with van der Waals surface area (Å²) in [6.07, 6.45) is 0.285. The first-order valence-electron chi connectivity index (χ1n) is 6.17. The number of fused-ring (bicyclic) bond motifs is 2. The number of hydrogen-bond donors (Lipinski definition) is 0. The van der Waals surface area contributed by atoms with Gasteiger partial charge in [-0.1, -0.05) is 0 Å². The Kier molecular flexibility index (Phi) is 3.54. The number of hydrogen-bond acceptors (Lipinski definition) is 5. The highest BCUT2D eigenvalue weighted by atomic mass is 16.6. The molecule has 0 aromatic rings. The van der Waals surface area contributed by atoms with E-state index in [1.54, 1.807) is 11.8 Å². The number of amides is 1. The van der Waals surface area contributed by atoms with Gasteiger partial charge in [0.1, 0.15) is 11.9 Å². The first kappa shape index (κ1) is 12.9. The summed E-state index contributed by atoms with van der Waals surface area (Å²) in [7, 11) is 0. The second kappa shape index (κ2) is 4.96. The van der Waals surface area contributed by atoms with Gasteiger partial charge in [0, 0.05) is 32.2 Å². The van der Waals surface area contributed by atoms with Gasteiger partial charge in [-0.25, -0.2) is 4.79 Å². The van der Waals surface area contributed by atoms with Crippen LogP contribution in [0.1, 0.15) is 33.1 Å². The first-order valence-corrected chi connectivity index (χ1v) is 6.17. The largest absolute Gasteiger partial charge is 0.460 e. The Labute approximate surface area is 105 Å². The standard InChI is InChI=1S/C12H17NO5/c1-3-17-12(16)13-8-4-9(15)6-10(13)11(5-8)18-7(2)14/h8,10-11H,3-6H2,1-2H3/t8-,10+,11-/m0/s1. The molecule has 0 aromatic carbocycles. The van der Waals surface area contributed by atoms with Crippen LogP contribution in [0.3, 0.4) is 0 Å². The molecule has 1 amide bonds. The van der Waals surface area contributed by atoms with Gasteiger partial charge in [0.25, 0.3) is 0 Å². The molecule has 0 aromatic heterocycles. The van der Waals surface area contributed by atoms with E-state index in [4.69, 9.17) is 9.47 Å². The van der Waals surface area contributed by atoms with Crippen LogP contribution in [0.15, 0.2) is 0 Å². The average molecular weight is 255 g/mol. The van der Waals surface area contributed by atoms with Crippen LogP contribution < -0.4 is 0 Å². The Hall–Kier alpha value is -1.59. The van der Waals surface area contributed by atoms with Crippen molar-refractivity contribution in [2.75, 3.05) is 6.61 Å². The number of ketones is 1. The number of Topliss-reactive ketones (excluding diaryl/α,β-unsaturated/α-hetero) is 1. The van der Waals surface area contributed by atoms with Crippen molar-refractivity contribution in [2.24, 2.45) is 0 Å². The smallest absolute Gasteiger partial charge is 0.410 e. The second-order valence-electron chi connectivity index (χ2n) is 4.66. The SMILES string of the molecule is CCOC(=O)N1[C@H]2CC(=O)C[C@@H]1[C@@H](OC(C)=O)C2. The van der Waals surface area contributed by atoms with Gasteiger partial charge in [-0.3, -0.25) is 14.5 Å². The minimum atomic E-state index is -0.422. The number of esters is 1. The molecule has 0 spiro atoms. The van der Waals surface area contributed by atoms with Crippen molar-refractivity contribution < 1.29 is 23.9 Å². The fourth-order valence-electron chi connectivity index (χ4n) is 2.80.